The normalized spacial score (nSPS) is 17.4. The third kappa shape index (κ3) is 6.18. The highest BCUT2D eigenvalue weighted by molar-refractivity contribution is 6.08. The largest absolute Gasteiger partial charge is 0.489 e. The molecule has 1 aliphatic heterocycles. The van der Waals surface area contributed by atoms with Crippen molar-refractivity contribution in [3.8, 4) is 17.0 Å². The topological polar surface area (TPSA) is 86.6 Å². The van der Waals surface area contributed by atoms with E-state index in [0.717, 1.165) is 36.0 Å². The molecule has 7 heteroatoms. The van der Waals surface area contributed by atoms with E-state index in [9.17, 15) is 14.4 Å². The Balaban J connectivity index is 1.18. The van der Waals surface area contributed by atoms with Crippen molar-refractivity contribution >= 4 is 34.6 Å². The second-order valence-corrected chi connectivity index (χ2v) is 13.5. The van der Waals surface area contributed by atoms with Gasteiger partial charge in [-0.1, -0.05) is 92.8 Å². The van der Waals surface area contributed by atoms with Gasteiger partial charge in [0.15, 0.2) is 11.5 Å². The molecule has 2 heterocycles. The first-order valence-corrected chi connectivity index (χ1v) is 17.6. The van der Waals surface area contributed by atoms with E-state index in [4.69, 9.17) is 9.47 Å². The molecule has 4 aromatic rings. The molecule has 2 saturated carbocycles. The van der Waals surface area contributed by atoms with Gasteiger partial charge in [-0.15, -0.1) is 0 Å². The maximum absolute atomic E-state index is 14.2. The maximum Gasteiger partial charge on any atom is 0.330 e. The van der Waals surface area contributed by atoms with Crippen molar-refractivity contribution in [3.63, 3.8) is 0 Å². The minimum Gasteiger partial charge on any atom is -0.489 e. The SMILES string of the molecule is CCOC(=O)/C=C/c1ccc(CC(=O)C2(NC(=O)c3ccc4c(C5CCCCC5)c(-c5ccccc5)n5c4c3OCC5)CCCC2)cc1. The monoisotopic (exact) mass is 644 g/mol. The molecule has 1 N–H and O–H groups in total. The molecule has 7 nitrogen and oxygen atoms in total. The van der Waals surface area contributed by atoms with Gasteiger partial charge in [0.25, 0.3) is 5.91 Å². The molecule has 2 aliphatic carbocycles. The third-order valence-electron chi connectivity index (χ3n) is 10.5. The van der Waals surface area contributed by atoms with E-state index in [2.05, 4.69) is 46.3 Å². The van der Waals surface area contributed by atoms with Crippen LogP contribution in [0.2, 0.25) is 0 Å². The number of carbonyl (C=O) groups is 3. The Labute approximate surface area is 282 Å². The van der Waals surface area contributed by atoms with Gasteiger partial charge in [0.1, 0.15) is 6.61 Å². The number of aromatic nitrogens is 1. The second-order valence-electron chi connectivity index (χ2n) is 13.5. The minimum absolute atomic E-state index is 0.0214. The lowest BCUT2D eigenvalue weighted by Gasteiger charge is -2.30. The summed E-state index contributed by atoms with van der Waals surface area (Å²) in [4.78, 5) is 39.8. The molecular formula is C41H44N2O5. The Morgan fingerprint density at radius 3 is 2.42 bits per heavy atom. The van der Waals surface area contributed by atoms with Crippen LogP contribution in [-0.2, 0) is 27.3 Å². The summed E-state index contributed by atoms with van der Waals surface area (Å²) >= 11 is 0. The average Bonchev–Trinajstić information content (AvgIpc) is 3.73. The summed E-state index contributed by atoms with van der Waals surface area (Å²) in [5, 5.41) is 4.42. The molecule has 0 spiro atoms. The predicted octanol–water partition coefficient (Wildman–Crippen LogP) is 8.18. The van der Waals surface area contributed by atoms with Crippen LogP contribution in [0.3, 0.4) is 0 Å². The standard InChI is InChI=1S/C41H44N2O5/c1-2-47-35(45)22-19-28-15-17-29(18-16-28)27-34(44)41(23-9-10-24-41)42-40(46)33-21-20-32-36(30-11-5-3-6-12-30)37(31-13-7-4-8-14-31)43-25-26-48-39(33)38(32)43/h4,7-8,13-22,30H,2-3,5-6,9-12,23-27H2,1H3,(H,42,46)/b22-19+. The molecule has 2 fully saturated rings. The zero-order chi connectivity index (χ0) is 33.1. The molecule has 1 aromatic heterocycles. The summed E-state index contributed by atoms with van der Waals surface area (Å²) < 4.78 is 13.7. The number of nitrogens with zero attached hydrogens (tertiary/aromatic N) is 1. The van der Waals surface area contributed by atoms with Crippen LogP contribution in [0.1, 0.15) is 97.7 Å². The smallest absolute Gasteiger partial charge is 0.330 e. The van der Waals surface area contributed by atoms with E-state index in [0.29, 0.717) is 43.3 Å². The summed E-state index contributed by atoms with van der Waals surface area (Å²) in [5.41, 5.74) is 6.13. The summed E-state index contributed by atoms with van der Waals surface area (Å²) in [6.07, 6.45) is 12.5. The van der Waals surface area contributed by atoms with Crippen molar-refractivity contribution in [2.45, 2.75) is 89.1 Å². The van der Waals surface area contributed by atoms with E-state index in [-0.39, 0.29) is 24.1 Å². The number of ketones is 1. The molecule has 0 radical (unpaired) electrons. The van der Waals surface area contributed by atoms with Gasteiger partial charge in [0.05, 0.1) is 35.5 Å². The predicted molar refractivity (Wildman–Crippen MR) is 188 cm³/mol. The van der Waals surface area contributed by atoms with Crippen molar-refractivity contribution in [2.24, 2.45) is 0 Å². The van der Waals surface area contributed by atoms with Crippen LogP contribution in [-0.4, -0.2) is 41.0 Å². The van der Waals surface area contributed by atoms with E-state index in [1.807, 2.05) is 30.3 Å². The molecule has 3 aliphatic rings. The van der Waals surface area contributed by atoms with Crippen molar-refractivity contribution < 1.29 is 23.9 Å². The molecule has 0 atom stereocenters. The molecule has 3 aromatic carbocycles. The van der Waals surface area contributed by atoms with Gasteiger partial charge in [-0.05, 0) is 72.9 Å². The van der Waals surface area contributed by atoms with Crippen LogP contribution in [0.25, 0.3) is 28.2 Å². The number of hydrogen-bond acceptors (Lipinski definition) is 5. The first-order valence-electron chi connectivity index (χ1n) is 17.6. The fraction of sp³-hybridized carbons (Fsp3) is 0.390. The van der Waals surface area contributed by atoms with Crippen molar-refractivity contribution in [1.29, 1.82) is 0 Å². The first kappa shape index (κ1) is 31.9. The number of amides is 1. The molecule has 248 valence electrons. The first-order chi connectivity index (χ1) is 23.5. The van der Waals surface area contributed by atoms with E-state index >= 15 is 0 Å². The molecular weight excluding hydrogens is 600 g/mol. The Morgan fingerprint density at radius 2 is 1.69 bits per heavy atom. The van der Waals surface area contributed by atoms with Crippen molar-refractivity contribution in [2.75, 3.05) is 13.2 Å². The van der Waals surface area contributed by atoms with Gasteiger partial charge >= 0.3 is 5.97 Å². The van der Waals surface area contributed by atoms with Crippen molar-refractivity contribution in [3.05, 3.63) is 95.1 Å². The maximum atomic E-state index is 14.2. The summed E-state index contributed by atoms with van der Waals surface area (Å²) in [6.45, 7) is 3.31. The highest BCUT2D eigenvalue weighted by atomic mass is 16.5. The van der Waals surface area contributed by atoms with Gasteiger partial charge < -0.3 is 19.4 Å². The van der Waals surface area contributed by atoms with Crippen LogP contribution < -0.4 is 10.1 Å². The number of carbonyl (C=O) groups excluding carboxylic acids is 3. The van der Waals surface area contributed by atoms with Crippen LogP contribution in [0.15, 0.2) is 72.8 Å². The van der Waals surface area contributed by atoms with Gasteiger partial charge in [-0.2, -0.15) is 0 Å². The van der Waals surface area contributed by atoms with E-state index in [1.165, 1.54) is 60.4 Å². The number of ether oxygens (including phenoxy) is 2. The third-order valence-corrected chi connectivity index (χ3v) is 10.5. The fourth-order valence-electron chi connectivity index (χ4n) is 8.13. The number of hydrogen-bond donors (Lipinski definition) is 1. The lowest BCUT2D eigenvalue weighted by molar-refractivity contribution is -0.137. The van der Waals surface area contributed by atoms with E-state index in [1.54, 1.807) is 13.0 Å². The Hall–Kier alpha value is -4.65. The van der Waals surface area contributed by atoms with Gasteiger partial charge in [0, 0.05) is 17.9 Å². The van der Waals surface area contributed by atoms with Crippen molar-refractivity contribution in [1.82, 2.24) is 9.88 Å². The Bertz CT molecular complexity index is 1840. The second kappa shape index (κ2) is 13.8. The summed E-state index contributed by atoms with van der Waals surface area (Å²) in [7, 11) is 0. The molecule has 48 heavy (non-hydrogen) atoms. The quantitative estimate of drug-likeness (QED) is 0.139. The molecule has 0 unspecified atom stereocenters. The lowest BCUT2D eigenvalue weighted by atomic mass is 9.81. The van der Waals surface area contributed by atoms with Crippen LogP contribution in [0, 0.1) is 0 Å². The highest BCUT2D eigenvalue weighted by Crippen LogP contribution is 2.48. The molecule has 7 rings (SSSR count). The average molecular weight is 645 g/mol. The van der Waals surface area contributed by atoms with Crippen LogP contribution in [0.4, 0.5) is 0 Å². The molecule has 1 amide bonds. The molecule has 0 bridgehead atoms. The number of rotatable bonds is 10. The molecule has 0 saturated heterocycles. The zero-order valence-electron chi connectivity index (χ0n) is 27.8. The van der Waals surface area contributed by atoms with Crippen LogP contribution >= 0.6 is 0 Å². The van der Waals surface area contributed by atoms with E-state index < -0.39 is 5.54 Å². The van der Waals surface area contributed by atoms with Gasteiger partial charge in [-0.3, -0.25) is 9.59 Å². The Morgan fingerprint density at radius 1 is 0.938 bits per heavy atom. The summed E-state index contributed by atoms with van der Waals surface area (Å²) in [5.74, 6) is 0.488. The zero-order valence-corrected chi connectivity index (χ0v) is 27.8. The number of nitrogens with one attached hydrogen (secondary N) is 1. The lowest BCUT2D eigenvalue weighted by Crippen LogP contribution is -2.53. The van der Waals surface area contributed by atoms with Gasteiger partial charge in [-0.25, -0.2) is 4.79 Å². The fourth-order valence-corrected chi connectivity index (χ4v) is 8.13. The van der Waals surface area contributed by atoms with Crippen LogP contribution in [0.5, 0.6) is 5.75 Å². The summed E-state index contributed by atoms with van der Waals surface area (Å²) in [6, 6.07) is 22.2. The van der Waals surface area contributed by atoms with Gasteiger partial charge in [0.2, 0.25) is 0 Å². The minimum atomic E-state index is -0.916. The number of esters is 1. The highest BCUT2D eigenvalue weighted by Gasteiger charge is 2.43. The number of Topliss-reactive ketones (excluding diaryl/α,β-unsaturated/α-hetero) is 1. The number of benzene rings is 3. The Kier molecular flexibility index (Phi) is 9.20.